The number of likely N-dealkylation sites (tertiary alicyclic amines) is 1. The summed E-state index contributed by atoms with van der Waals surface area (Å²) in [5.74, 6) is -1.01. The van der Waals surface area contributed by atoms with Crippen molar-refractivity contribution in [3.63, 3.8) is 0 Å². The molecule has 1 aromatic heterocycles. The second kappa shape index (κ2) is 9.33. The van der Waals surface area contributed by atoms with Crippen molar-refractivity contribution in [3.8, 4) is 0 Å². The van der Waals surface area contributed by atoms with E-state index in [1.54, 1.807) is 16.8 Å². The minimum absolute atomic E-state index is 0.116. The largest absolute Gasteiger partial charge is 0.376 e. The van der Waals surface area contributed by atoms with Crippen LogP contribution in [0.2, 0.25) is 5.02 Å². The summed E-state index contributed by atoms with van der Waals surface area (Å²) in [6.07, 6.45) is 0.484. The molecule has 7 nitrogen and oxygen atoms in total. The number of amides is 2. The third-order valence-electron chi connectivity index (χ3n) is 7.20. The quantitative estimate of drug-likeness (QED) is 0.488. The molecule has 1 aliphatic carbocycles. The van der Waals surface area contributed by atoms with Crippen molar-refractivity contribution in [2.24, 2.45) is 0 Å². The van der Waals surface area contributed by atoms with E-state index in [4.69, 9.17) is 16.3 Å². The van der Waals surface area contributed by atoms with Crippen LogP contribution in [0, 0.1) is 0 Å². The Balaban J connectivity index is 1.41. The summed E-state index contributed by atoms with van der Waals surface area (Å²) in [5, 5.41) is 4.35. The zero-order valence-electron chi connectivity index (χ0n) is 20.0. The van der Waals surface area contributed by atoms with Crippen molar-refractivity contribution in [3.05, 3.63) is 70.9 Å². The van der Waals surface area contributed by atoms with Crippen molar-refractivity contribution >= 4 is 40.1 Å². The number of carbonyl (C=O) groups excluding carboxylic acids is 3. The lowest BCUT2D eigenvalue weighted by molar-refractivity contribution is -0.142. The summed E-state index contributed by atoms with van der Waals surface area (Å²) in [5.41, 5.74) is 1.51. The van der Waals surface area contributed by atoms with Gasteiger partial charge in [-0.05, 0) is 43.5 Å². The molecule has 3 aromatic rings. The van der Waals surface area contributed by atoms with E-state index in [1.165, 1.54) is 18.9 Å². The van der Waals surface area contributed by atoms with Crippen molar-refractivity contribution < 1.29 is 23.5 Å². The highest BCUT2D eigenvalue weighted by molar-refractivity contribution is 6.30. The fourth-order valence-electron chi connectivity index (χ4n) is 5.21. The summed E-state index contributed by atoms with van der Waals surface area (Å²) in [6.45, 7) is 1.08. The van der Waals surface area contributed by atoms with Crippen LogP contribution in [0.25, 0.3) is 10.9 Å². The zero-order valence-corrected chi connectivity index (χ0v) is 20.8. The lowest BCUT2D eigenvalue weighted by Gasteiger charge is -2.29. The van der Waals surface area contributed by atoms with Gasteiger partial charge in [0.15, 0.2) is 5.78 Å². The van der Waals surface area contributed by atoms with Gasteiger partial charge in [-0.15, -0.1) is 0 Å². The molecule has 0 spiro atoms. The van der Waals surface area contributed by atoms with Gasteiger partial charge in [0.25, 0.3) is 0 Å². The molecule has 0 unspecified atom stereocenters. The number of rotatable bonds is 7. The van der Waals surface area contributed by atoms with Crippen LogP contribution < -0.4 is 5.32 Å². The van der Waals surface area contributed by atoms with E-state index in [0.717, 1.165) is 23.8 Å². The van der Waals surface area contributed by atoms with Gasteiger partial charge in [-0.25, -0.2) is 4.39 Å². The number of hydrogen-bond acceptors (Lipinski definition) is 4. The third kappa shape index (κ3) is 4.29. The molecule has 2 amide bonds. The molecule has 0 radical (unpaired) electrons. The average molecular weight is 512 g/mol. The number of nitrogens with one attached hydrogen (secondary N) is 1. The Morgan fingerprint density at radius 2 is 1.92 bits per heavy atom. The molecular formula is C27H27ClFN3O4. The second-order valence-corrected chi connectivity index (χ2v) is 9.97. The van der Waals surface area contributed by atoms with Gasteiger partial charge in [-0.1, -0.05) is 41.9 Å². The summed E-state index contributed by atoms with van der Waals surface area (Å²) in [4.78, 5) is 40.3. The number of Topliss-reactive ketones (excluding diaryl/α,β-unsaturated/α-hetero) is 1. The maximum atomic E-state index is 15.0. The number of ketones is 1. The van der Waals surface area contributed by atoms with Crippen LogP contribution in [0.4, 0.5) is 4.39 Å². The first-order valence-corrected chi connectivity index (χ1v) is 12.2. The van der Waals surface area contributed by atoms with Crippen LogP contribution in [-0.2, 0) is 26.4 Å². The lowest BCUT2D eigenvalue weighted by atomic mass is 10.0. The summed E-state index contributed by atoms with van der Waals surface area (Å²) >= 11 is 6.15. The number of carbonyl (C=O) groups is 3. The molecule has 5 rings (SSSR count). The van der Waals surface area contributed by atoms with Gasteiger partial charge in [-0.2, -0.15) is 0 Å². The standard InChI is InChI=1S/C27H27ClFN3O4/c1-16(33)20-13-31(22-9-4-3-8-19(20)22)15-23(34)32-14-21(29)25(36-2)24(32)26(35)30-27(10-11-27)17-6-5-7-18(28)12-17/h3-9,12-13,21,24-25H,10-11,14-15H2,1-2H3,(H,30,35)/t21-,24-,25+/m0/s1. The van der Waals surface area contributed by atoms with Gasteiger partial charge in [-0.3, -0.25) is 14.4 Å². The molecule has 188 valence electrons. The fraction of sp³-hybridized carbons (Fsp3) is 0.370. The third-order valence-corrected chi connectivity index (χ3v) is 7.43. The van der Waals surface area contributed by atoms with E-state index in [0.29, 0.717) is 16.1 Å². The molecule has 1 saturated heterocycles. The Morgan fingerprint density at radius 3 is 2.58 bits per heavy atom. The first-order valence-electron chi connectivity index (χ1n) is 11.9. The Hall–Kier alpha value is -3.23. The molecular weight excluding hydrogens is 485 g/mol. The van der Waals surface area contributed by atoms with Crippen molar-refractivity contribution in [2.45, 2.75) is 50.2 Å². The zero-order chi connectivity index (χ0) is 25.6. The van der Waals surface area contributed by atoms with Crippen LogP contribution in [0.1, 0.15) is 35.7 Å². The van der Waals surface area contributed by atoms with Crippen LogP contribution >= 0.6 is 11.6 Å². The van der Waals surface area contributed by atoms with Crippen LogP contribution in [0.5, 0.6) is 0 Å². The monoisotopic (exact) mass is 511 g/mol. The maximum absolute atomic E-state index is 15.0. The second-order valence-electron chi connectivity index (χ2n) is 9.53. The van der Waals surface area contributed by atoms with E-state index in [9.17, 15) is 18.8 Å². The average Bonchev–Trinajstić information content (AvgIpc) is 3.42. The Morgan fingerprint density at radius 1 is 1.17 bits per heavy atom. The summed E-state index contributed by atoms with van der Waals surface area (Å²) < 4.78 is 22.0. The van der Waals surface area contributed by atoms with Crippen molar-refractivity contribution in [1.82, 2.24) is 14.8 Å². The van der Waals surface area contributed by atoms with Gasteiger partial charge in [0, 0.05) is 34.8 Å². The predicted molar refractivity (Wildman–Crippen MR) is 134 cm³/mol. The Labute approximate surface area is 213 Å². The highest BCUT2D eigenvalue weighted by Crippen LogP contribution is 2.46. The smallest absolute Gasteiger partial charge is 0.246 e. The van der Waals surface area contributed by atoms with Crippen molar-refractivity contribution in [1.29, 1.82) is 0 Å². The number of halogens is 2. The summed E-state index contributed by atoms with van der Waals surface area (Å²) in [6, 6.07) is 13.5. The number of aromatic nitrogens is 1. The van der Waals surface area contributed by atoms with Crippen molar-refractivity contribution in [2.75, 3.05) is 13.7 Å². The van der Waals surface area contributed by atoms with Crippen LogP contribution in [0.15, 0.2) is 54.7 Å². The Kier molecular flexibility index (Phi) is 6.34. The number of fused-ring (bicyclic) bond motifs is 1. The van der Waals surface area contributed by atoms with Gasteiger partial charge in [0.05, 0.1) is 12.1 Å². The molecule has 2 heterocycles. The van der Waals surface area contributed by atoms with E-state index in [2.05, 4.69) is 5.32 Å². The highest BCUT2D eigenvalue weighted by atomic mass is 35.5. The number of ether oxygens (including phenoxy) is 1. The van der Waals surface area contributed by atoms with Crippen LogP contribution in [0.3, 0.4) is 0 Å². The molecule has 2 aromatic carbocycles. The number of hydrogen-bond donors (Lipinski definition) is 1. The van der Waals surface area contributed by atoms with Crippen LogP contribution in [-0.4, -0.2) is 59.0 Å². The predicted octanol–water partition coefficient (Wildman–Crippen LogP) is 3.87. The first kappa shape index (κ1) is 24.5. The molecule has 36 heavy (non-hydrogen) atoms. The van der Waals surface area contributed by atoms with E-state index in [1.807, 2.05) is 42.5 Å². The number of alkyl halides is 1. The van der Waals surface area contributed by atoms with E-state index >= 15 is 0 Å². The minimum atomic E-state index is -1.51. The Bertz CT molecular complexity index is 1350. The SMILES string of the molecule is CO[C@H]1[C@@H](C(=O)NC2(c3cccc(Cl)c3)CC2)N(C(=O)Cn2cc(C(C)=O)c3ccccc32)C[C@@H]1F. The normalized spacial score (nSPS) is 22.6. The van der Waals surface area contributed by atoms with E-state index < -0.39 is 35.7 Å². The van der Waals surface area contributed by atoms with Gasteiger partial charge in [0.1, 0.15) is 24.9 Å². The minimum Gasteiger partial charge on any atom is -0.376 e. The number of benzene rings is 2. The van der Waals surface area contributed by atoms with Gasteiger partial charge in [0.2, 0.25) is 11.8 Å². The fourth-order valence-corrected chi connectivity index (χ4v) is 5.40. The molecule has 1 saturated carbocycles. The molecule has 0 bridgehead atoms. The number of para-hydroxylation sites is 1. The summed E-state index contributed by atoms with van der Waals surface area (Å²) in [7, 11) is 1.34. The molecule has 3 atom stereocenters. The maximum Gasteiger partial charge on any atom is 0.246 e. The molecule has 9 heteroatoms. The molecule has 1 aliphatic heterocycles. The van der Waals surface area contributed by atoms with Gasteiger partial charge < -0.3 is 19.5 Å². The molecule has 2 fully saturated rings. The number of methoxy groups -OCH3 is 1. The van der Waals surface area contributed by atoms with Gasteiger partial charge >= 0.3 is 0 Å². The molecule has 1 N–H and O–H groups in total. The lowest BCUT2D eigenvalue weighted by Crippen LogP contribution is -2.53. The van der Waals surface area contributed by atoms with E-state index in [-0.39, 0.29) is 18.9 Å². The highest BCUT2D eigenvalue weighted by Gasteiger charge is 2.53. The number of nitrogens with zero attached hydrogens (tertiary/aromatic N) is 2. The first-order chi connectivity index (χ1) is 17.2. The topological polar surface area (TPSA) is 80.6 Å². The molecule has 2 aliphatic rings.